The number of nitrogens with zero attached hydrogens (tertiary/aromatic N) is 3. The SMILES string of the molecule is O=C(NC1CCN(Cc2ccc(Cl)cc2)CC1)C1=NN(C2CCS(=O)(=O)C2)C(=O)CC1. The highest BCUT2D eigenvalue weighted by Gasteiger charge is 2.37. The standard InChI is InChI=1S/C21H27ClN4O4S/c22-16-3-1-15(2-4-16)13-25-10-7-17(8-11-25)23-21(28)19-5-6-20(27)26(24-19)18-9-12-31(29,30)14-18/h1-4,17-18H,5-14H2,(H,23,28). The van der Waals surface area contributed by atoms with Gasteiger partial charge in [0.05, 0.1) is 17.5 Å². The number of amides is 2. The molecule has 0 bridgehead atoms. The van der Waals surface area contributed by atoms with Gasteiger partial charge in [0.15, 0.2) is 9.84 Å². The molecule has 1 N–H and O–H groups in total. The molecular formula is C21H27ClN4O4S. The average Bonchev–Trinajstić information content (AvgIpc) is 3.11. The van der Waals surface area contributed by atoms with E-state index in [9.17, 15) is 18.0 Å². The number of hydrazone groups is 1. The number of piperidine rings is 1. The van der Waals surface area contributed by atoms with Gasteiger partial charge in [-0.1, -0.05) is 23.7 Å². The van der Waals surface area contributed by atoms with Gasteiger partial charge in [-0.05, 0) is 37.0 Å². The van der Waals surface area contributed by atoms with Crippen LogP contribution in [-0.4, -0.2) is 72.5 Å². The molecule has 2 amide bonds. The first-order valence-corrected chi connectivity index (χ1v) is 12.9. The lowest BCUT2D eigenvalue weighted by atomic mass is 10.0. The maximum atomic E-state index is 12.7. The van der Waals surface area contributed by atoms with Crippen LogP contribution in [-0.2, 0) is 26.0 Å². The van der Waals surface area contributed by atoms with Crippen molar-refractivity contribution in [3.05, 3.63) is 34.9 Å². The number of rotatable bonds is 5. The van der Waals surface area contributed by atoms with Crippen molar-refractivity contribution in [2.45, 2.75) is 50.7 Å². The van der Waals surface area contributed by atoms with Crippen molar-refractivity contribution in [3.63, 3.8) is 0 Å². The van der Waals surface area contributed by atoms with Crippen LogP contribution in [0.2, 0.25) is 5.02 Å². The third-order valence-electron chi connectivity index (χ3n) is 6.12. The second-order valence-electron chi connectivity index (χ2n) is 8.49. The molecular weight excluding hydrogens is 440 g/mol. The molecule has 10 heteroatoms. The molecule has 2 saturated heterocycles. The van der Waals surface area contributed by atoms with E-state index in [1.165, 1.54) is 10.6 Å². The van der Waals surface area contributed by atoms with Gasteiger partial charge in [-0.2, -0.15) is 5.10 Å². The number of hydrogen-bond acceptors (Lipinski definition) is 6. The number of benzene rings is 1. The average molecular weight is 467 g/mol. The van der Waals surface area contributed by atoms with E-state index in [1.54, 1.807) is 0 Å². The van der Waals surface area contributed by atoms with E-state index in [2.05, 4.69) is 15.3 Å². The van der Waals surface area contributed by atoms with Crippen molar-refractivity contribution in [2.75, 3.05) is 24.6 Å². The predicted octanol–water partition coefficient (Wildman–Crippen LogP) is 1.59. The van der Waals surface area contributed by atoms with E-state index >= 15 is 0 Å². The summed E-state index contributed by atoms with van der Waals surface area (Å²) in [5.74, 6) is -0.486. The molecule has 1 unspecified atom stereocenters. The van der Waals surface area contributed by atoms with Gasteiger partial charge < -0.3 is 5.32 Å². The topological polar surface area (TPSA) is 99.2 Å². The molecule has 0 spiro atoms. The Kier molecular flexibility index (Phi) is 6.64. The lowest BCUT2D eigenvalue weighted by molar-refractivity contribution is -0.133. The maximum absolute atomic E-state index is 12.7. The summed E-state index contributed by atoms with van der Waals surface area (Å²) >= 11 is 5.94. The van der Waals surface area contributed by atoms with E-state index in [1.807, 2.05) is 24.3 Å². The van der Waals surface area contributed by atoms with Gasteiger partial charge in [0.25, 0.3) is 5.91 Å². The first-order valence-electron chi connectivity index (χ1n) is 10.7. The lowest BCUT2D eigenvalue weighted by Crippen LogP contribution is -2.48. The highest BCUT2D eigenvalue weighted by Crippen LogP contribution is 2.22. The molecule has 0 radical (unpaired) electrons. The largest absolute Gasteiger partial charge is 0.348 e. The zero-order valence-corrected chi connectivity index (χ0v) is 18.9. The summed E-state index contributed by atoms with van der Waals surface area (Å²) in [6.07, 6.45) is 2.53. The zero-order valence-electron chi connectivity index (χ0n) is 17.3. The van der Waals surface area contributed by atoms with Crippen LogP contribution in [0.4, 0.5) is 0 Å². The fourth-order valence-electron chi connectivity index (χ4n) is 4.34. The second-order valence-corrected chi connectivity index (χ2v) is 11.2. The van der Waals surface area contributed by atoms with Crippen LogP contribution in [0.15, 0.2) is 29.4 Å². The van der Waals surface area contributed by atoms with E-state index in [0.717, 1.165) is 37.5 Å². The Hall–Kier alpha value is -1.97. The molecule has 8 nitrogen and oxygen atoms in total. The molecule has 4 rings (SSSR count). The fourth-order valence-corrected chi connectivity index (χ4v) is 6.16. The van der Waals surface area contributed by atoms with Crippen molar-refractivity contribution in [2.24, 2.45) is 5.10 Å². The molecule has 3 heterocycles. The summed E-state index contributed by atoms with van der Waals surface area (Å²) in [7, 11) is -3.13. The molecule has 1 aromatic carbocycles. The minimum atomic E-state index is -3.13. The number of carbonyl (C=O) groups is 2. The summed E-state index contributed by atoms with van der Waals surface area (Å²) in [6, 6.07) is 7.44. The Morgan fingerprint density at radius 1 is 1.13 bits per heavy atom. The Morgan fingerprint density at radius 3 is 2.48 bits per heavy atom. The molecule has 0 saturated carbocycles. The summed E-state index contributed by atoms with van der Waals surface area (Å²) < 4.78 is 23.5. The van der Waals surface area contributed by atoms with Crippen molar-refractivity contribution in [1.29, 1.82) is 0 Å². The third-order valence-corrected chi connectivity index (χ3v) is 8.12. The molecule has 3 aliphatic rings. The normalized spacial score (nSPS) is 24.8. The highest BCUT2D eigenvalue weighted by molar-refractivity contribution is 7.91. The third kappa shape index (κ3) is 5.64. The van der Waals surface area contributed by atoms with Crippen LogP contribution in [0.25, 0.3) is 0 Å². The lowest BCUT2D eigenvalue weighted by Gasteiger charge is -2.33. The second kappa shape index (κ2) is 9.26. The van der Waals surface area contributed by atoms with Crippen LogP contribution in [0.5, 0.6) is 0 Å². The first kappa shape index (κ1) is 22.2. The first-order chi connectivity index (χ1) is 14.8. The molecule has 2 fully saturated rings. The van der Waals surface area contributed by atoms with E-state index in [0.29, 0.717) is 12.1 Å². The van der Waals surface area contributed by atoms with Gasteiger partial charge in [0.1, 0.15) is 5.71 Å². The quantitative estimate of drug-likeness (QED) is 0.710. The summed E-state index contributed by atoms with van der Waals surface area (Å²) in [6.45, 7) is 2.61. The number of nitrogens with one attached hydrogen (secondary N) is 1. The monoisotopic (exact) mass is 466 g/mol. The van der Waals surface area contributed by atoms with Gasteiger partial charge in [0.2, 0.25) is 5.91 Å². The molecule has 3 aliphatic heterocycles. The van der Waals surface area contributed by atoms with Gasteiger partial charge in [-0.15, -0.1) is 0 Å². The van der Waals surface area contributed by atoms with Crippen LogP contribution < -0.4 is 5.32 Å². The number of carbonyl (C=O) groups excluding carboxylic acids is 2. The summed E-state index contributed by atoms with van der Waals surface area (Å²) in [5, 5.41) is 9.27. The minimum Gasteiger partial charge on any atom is -0.348 e. The Labute approximate surface area is 187 Å². The number of hydrogen-bond donors (Lipinski definition) is 1. The van der Waals surface area contributed by atoms with Gasteiger partial charge in [0, 0.05) is 43.5 Å². The Bertz CT molecular complexity index is 972. The molecule has 1 aromatic rings. The van der Waals surface area contributed by atoms with Crippen LogP contribution in [0, 0.1) is 0 Å². The van der Waals surface area contributed by atoms with Gasteiger partial charge in [-0.3, -0.25) is 14.5 Å². The van der Waals surface area contributed by atoms with Crippen molar-refractivity contribution < 1.29 is 18.0 Å². The van der Waals surface area contributed by atoms with Gasteiger partial charge >= 0.3 is 0 Å². The molecule has 0 aliphatic carbocycles. The minimum absolute atomic E-state index is 0.0626. The molecule has 0 aromatic heterocycles. The number of likely N-dealkylation sites (tertiary alicyclic amines) is 1. The van der Waals surface area contributed by atoms with Crippen molar-refractivity contribution in [3.8, 4) is 0 Å². The Morgan fingerprint density at radius 2 is 1.84 bits per heavy atom. The van der Waals surface area contributed by atoms with E-state index in [4.69, 9.17) is 11.6 Å². The fraction of sp³-hybridized carbons (Fsp3) is 0.571. The van der Waals surface area contributed by atoms with Gasteiger partial charge in [-0.25, -0.2) is 13.4 Å². The summed E-state index contributed by atoms with van der Waals surface area (Å²) in [4.78, 5) is 27.3. The van der Waals surface area contributed by atoms with Crippen LogP contribution in [0.3, 0.4) is 0 Å². The zero-order chi connectivity index (χ0) is 22.0. The predicted molar refractivity (Wildman–Crippen MR) is 118 cm³/mol. The molecule has 1 atom stereocenters. The van der Waals surface area contributed by atoms with Crippen molar-refractivity contribution >= 4 is 39.0 Å². The van der Waals surface area contributed by atoms with E-state index < -0.39 is 15.9 Å². The number of halogens is 1. The van der Waals surface area contributed by atoms with Crippen LogP contribution in [0.1, 0.15) is 37.7 Å². The van der Waals surface area contributed by atoms with Crippen molar-refractivity contribution in [1.82, 2.24) is 15.2 Å². The Balaban J connectivity index is 1.29. The maximum Gasteiger partial charge on any atom is 0.267 e. The highest BCUT2D eigenvalue weighted by atomic mass is 35.5. The van der Waals surface area contributed by atoms with E-state index in [-0.39, 0.29) is 42.2 Å². The number of sulfone groups is 1. The molecule has 31 heavy (non-hydrogen) atoms. The smallest absolute Gasteiger partial charge is 0.267 e. The van der Waals surface area contributed by atoms with Crippen LogP contribution >= 0.6 is 11.6 Å². The molecule has 168 valence electrons. The summed E-state index contributed by atoms with van der Waals surface area (Å²) in [5.41, 5.74) is 1.52.